The number of benzene rings is 6. The van der Waals surface area contributed by atoms with E-state index in [9.17, 15) is 50.2 Å². The van der Waals surface area contributed by atoms with Crippen molar-refractivity contribution in [1.82, 2.24) is 65.2 Å². The molecule has 0 bridgehead atoms. The number of aliphatic hydroxyl groups excluding tert-OH is 1. The lowest BCUT2D eigenvalue weighted by Crippen LogP contribution is -2.31. The van der Waals surface area contributed by atoms with Crippen LogP contribution in [0.5, 0.6) is 0 Å². The molecular weight excluding hydrogens is 1510 g/mol. The summed E-state index contributed by atoms with van der Waals surface area (Å²) in [5.74, 6) is -1.72. The van der Waals surface area contributed by atoms with Crippen LogP contribution < -0.4 is 16.0 Å². The number of hydrogen-bond donors (Lipinski definition) is 4. The number of hydrogen-bond acceptors (Lipinski definition) is 11. The van der Waals surface area contributed by atoms with Gasteiger partial charge in [-0.1, -0.05) is 189 Å². The van der Waals surface area contributed by atoms with Crippen LogP contribution in [0.1, 0.15) is 256 Å². The van der Waals surface area contributed by atoms with Crippen LogP contribution in [-0.2, 0) is 50.9 Å². The number of aromatic nitrogens is 10. The Labute approximate surface area is 667 Å². The van der Waals surface area contributed by atoms with Crippen LogP contribution in [0.15, 0.2) is 188 Å². The standard InChI is InChI=1S/C30H36FN3O.C29H27ClF3N5O2.C29H27ClF3N5O/c1-21(23-12-4-2-5-13-23)32-30(35)28-27-18-9-8-14-24(19-22-11-10-15-25(31)20-22)29(27)34(33-28)26-16-6-3-7-17-26;30-21-11-6-7-18(16-21)15-20-10-4-5-12-22-25(27(40)35-23(17-39)19-8-2-1-3-9-19)37-38(26(20)22)28-34-14-13-24(36-28)29(31,32)33;1-18(20-9-3-2-4-10-20)35-27(39)25-23-13-6-5-11-21(16-19-8-7-12-22(30)17-19)26(23)38(37-25)28-34-15-14-24(36-28)29(31,32)33/h2,4-5,10-13,15,20-21,24,26H,3,6-9,14,16-19H2,1H3,(H,32,35);1-3,6-9,11,13-14,16,20,23,39H,4-5,10,12,15,17H2,(H,35,40);2-4,7-10,12,14-15,17-18,21H,5-6,11,13,16H2,1H3,(H,35,39)/t21-,24?;20?,23-;18-,21?/m101/s1. The molecule has 1 saturated carbocycles. The van der Waals surface area contributed by atoms with Gasteiger partial charge in [-0.15, -0.1) is 0 Å². The monoisotopic (exact) mass is 1600 g/mol. The summed E-state index contributed by atoms with van der Waals surface area (Å²) in [7, 11) is 0. The Balaban J connectivity index is 0.000000150. The molecule has 0 radical (unpaired) electrons. The minimum atomic E-state index is -4.67. The highest BCUT2D eigenvalue weighted by molar-refractivity contribution is 6.31. The highest BCUT2D eigenvalue weighted by atomic mass is 35.5. The van der Waals surface area contributed by atoms with Crippen LogP contribution in [0.2, 0.25) is 10.0 Å². The minimum Gasteiger partial charge on any atom is -0.394 e. The van der Waals surface area contributed by atoms with Gasteiger partial charge in [-0.05, 0) is 186 Å². The Bertz CT molecular complexity index is 5110. The first-order valence-corrected chi connectivity index (χ1v) is 39.9. The van der Waals surface area contributed by atoms with Gasteiger partial charge in [0.2, 0.25) is 0 Å². The first-order valence-electron chi connectivity index (χ1n) is 39.1. The largest absolute Gasteiger partial charge is 0.433 e. The summed E-state index contributed by atoms with van der Waals surface area (Å²) in [6.45, 7) is 3.56. The number of alkyl halides is 6. The molecule has 6 aromatic carbocycles. The molecule has 3 amide bonds. The van der Waals surface area contributed by atoms with Crippen LogP contribution in [0, 0.1) is 5.82 Å². The summed E-state index contributed by atoms with van der Waals surface area (Å²) in [6.07, 6.45) is 10.6. The topological polar surface area (TPSA) is 213 Å². The van der Waals surface area contributed by atoms with E-state index in [-0.39, 0.29) is 71.5 Å². The summed E-state index contributed by atoms with van der Waals surface area (Å²) in [5.41, 5.74) is 9.39. The number of rotatable bonds is 19. The third-order valence-corrected chi connectivity index (χ3v) is 22.3. The Kier molecular flexibility index (Phi) is 26.6. The van der Waals surface area contributed by atoms with E-state index in [0.29, 0.717) is 70.0 Å². The van der Waals surface area contributed by atoms with Crippen LogP contribution >= 0.6 is 23.2 Å². The highest BCUT2D eigenvalue weighted by Crippen LogP contribution is 2.43. The van der Waals surface area contributed by atoms with E-state index >= 15 is 0 Å². The van der Waals surface area contributed by atoms with Crippen LogP contribution in [-0.4, -0.2) is 78.7 Å². The molecule has 15 rings (SSSR count). The first-order chi connectivity index (χ1) is 55.0. The van der Waals surface area contributed by atoms with Gasteiger partial charge in [0.25, 0.3) is 29.6 Å². The van der Waals surface area contributed by atoms with Gasteiger partial charge < -0.3 is 21.1 Å². The van der Waals surface area contributed by atoms with Crippen molar-refractivity contribution >= 4 is 40.9 Å². The number of nitrogens with zero attached hydrogens (tertiary/aromatic N) is 10. The van der Waals surface area contributed by atoms with Crippen molar-refractivity contribution in [3.63, 3.8) is 0 Å². The zero-order valence-electron chi connectivity index (χ0n) is 63.3. The Morgan fingerprint density at radius 1 is 0.456 bits per heavy atom. The van der Waals surface area contributed by atoms with Gasteiger partial charge in [0.1, 0.15) is 17.2 Å². The van der Waals surface area contributed by atoms with E-state index in [2.05, 4.69) is 50.8 Å². The summed E-state index contributed by atoms with van der Waals surface area (Å²) in [4.78, 5) is 56.6. The molecule has 5 heterocycles. The molecule has 4 aliphatic rings. The zero-order valence-corrected chi connectivity index (χ0v) is 64.8. The maximum atomic E-state index is 14.0. The molecule has 6 atom stereocenters. The zero-order chi connectivity index (χ0) is 80.0. The number of carbonyl (C=O) groups is 3. The van der Waals surface area contributed by atoms with E-state index in [4.69, 9.17) is 28.3 Å². The highest BCUT2D eigenvalue weighted by Gasteiger charge is 2.39. The van der Waals surface area contributed by atoms with Crippen molar-refractivity contribution in [3.05, 3.63) is 300 Å². The lowest BCUT2D eigenvalue weighted by molar-refractivity contribution is -0.142. The number of carbonyl (C=O) groups excluding carboxylic acids is 3. The number of aliphatic hydroxyl groups is 1. The molecule has 1 fully saturated rings. The predicted molar refractivity (Wildman–Crippen MR) is 422 cm³/mol. The molecule has 594 valence electrons. The van der Waals surface area contributed by atoms with Crippen molar-refractivity contribution in [2.24, 2.45) is 0 Å². The fraction of sp³-hybridized carbons (Fsp3) is 0.364. The average molecular weight is 1600 g/mol. The number of halogens is 9. The summed E-state index contributed by atoms with van der Waals surface area (Å²) < 4.78 is 100. The van der Waals surface area contributed by atoms with Gasteiger partial charge in [-0.25, -0.2) is 33.7 Å². The normalized spacial score (nSPS) is 17.2. The maximum Gasteiger partial charge on any atom is 0.433 e. The van der Waals surface area contributed by atoms with E-state index in [0.717, 1.165) is 147 Å². The van der Waals surface area contributed by atoms with Gasteiger partial charge in [0.05, 0.1) is 42.2 Å². The quantitative estimate of drug-likeness (QED) is 0.0442. The van der Waals surface area contributed by atoms with Crippen LogP contribution in [0.4, 0.5) is 30.7 Å². The van der Waals surface area contributed by atoms with Crippen LogP contribution in [0.3, 0.4) is 0 Å². The van der Waals surface area contributed by atoms with Gasteiger partial charge in [-0.3, -0.25) is 19.1 Å². The van der Waals surface area contributed by atoms with E-state index in [1.165, 1.54) is 40.4 Å². The molecule has 5 aromatic heterocycles. The molecule has 3 unspecified atom stereocenters. The smallest absolute Gasteiger partial charge is 0.394 e. The molecule has 4 aliphatic carbocycles. The minimum absolute atomic E-state index is 0.0847. The van der Waals surface area contributed by atoms with E-state index in [1.54, 1.807) is 48.5 Å². The van der Waals surface area contributed by atoms with Gasteiger partial charge in [-0.2, -0.15) is 41.6 Å². The molecule has 17 nitrogen and oxygen atoms in total. The number of amides is 3. The van der Waals surface area contributed by atoms with Crippen molar-refractivity contribution < 1.29 is 50.2 Å². The third kappa shape index (κ3) is 20.0. The first kappa shape index (κ1) is 81.6. The summed E-state index contributed by atoms with van der Waals surface area (Å²) >= 11 is 12.5. The van der Waals surface area contributed by atoms with Gasteiger partial charge >= 0.3 is 12.4 Å². The van der Waals surface area contributed by atoms with E-state index < -0.39 is 41.6 Å². The van der Waals surface area contributed by atoms with Crippen molar-refractivity contribution in [3.8, 4) is 11.9 Å². The second-order valence-corrected chi connectivity index (χ2v) is 30.7. The average Bonchev–Trinajstić information content (AvgIpc) is 1.62. The summed E-state index contributed by atoms with van der Waals surface area (Å²) in [6, 6.07) is 51.4. The lowest BCUT2D eigenvalue weighted by Gasteiger charge is -2.27. The number of fused-ring (bicyclic) bond motifs is 3. The maximum absolute atomic E-state index is 14.0. The Morgan fingerprint density at radius 3 is 1.26 bits per heavy atom. The third-order valence-electron chi connectivity index (χ3n) is 21.9. The number of nitrogens with one attached hydrogen (secondary N) is 3. The SMILES string of the molecule is C[C@@H](NC(=O)c1nn(-c2nccc(C(F)(F)F)n2)c2c1CCCCC2Cc1cccc(Cl)c1)c1ccccc1.C[C@@H](NC(=O)c1nn(C2CCCCC2)c2c1CCCCC2Cc1cccc(F)c1)c1ccccc1.O=C(N[C@@H](CO)c1ccccc1)c1nn(-c2nccc(C(F)(F)F)n2)c2c1CCCCC2Cc1cccc(Cl)c1. The van der Waals surface area contributed by atoms with Crippen molar-refractivity contribution in [2.75, 3.05) is 6.61 Å². The fourth-order valence-corrected chi connectivity index (χ4v) is 16.8. The fourth-order valence-electron chi connectivity index (χ4n) is 16.3. The van der Waals surface area contributed by atoms with Crippen LogP contribution in [0.25, 0.3) is 11.9 Å². The molecule has 11 aromatic rings. The lowest BCUT2D eigenvalue weighted by atomic mass is 9.89. The predicted octanol–water partition coefficient (Wildman–Crippen LogP) is 19.8. The second kappa shape index (κ2) is 37.2. The van der Waals surface area contributed by atoms with Crippen molar-refractivity contribution in [1.29, 1.82) is 0 Å². The van der Waals surface area contributed by atoms with E-state index in [1.807, 2.05) is 123 Å². The molecule has 114 heavy (non-hydrogen) atoms. The molecular formula is C88H90Cl2F7N13O4. The molecule has 26 heteroatoms. The molecule has 4 N–H and O–H groups in total. The summed E-state index contributed by atoms with van der Waals surface area (Å²) in [5, 5.41) is 34.4. The van der Waals surface area contributed by atoms with Gasteiger partial charge in [0, 0.05) is 62.6 Å². The van der Waals surface area contributed by atoms with Gasteiger partial charge in [0.15, 0.2) is 17.1 Å². The molecule has 0 spiro atoms. The Morgan fingerprint density at radius 2 is 0.842 bits per heavy atom. The molecule has 0 saturated heterocycles. The molecule has 0 aliphatic heterocycles. The van der Waals surface area contributed by atoms with Crippen molar-refractivity contribution in [2.45, 2.75) is 197 Å². The second-order valence-electron chi connectivity index (χ2n) is 29.8. The Hall–Kier alpha value is -10.4.